The minimum absolute atomic E-state index is 0.478. The Morgan fingerprint density at radius 1 is 0.926 bits per heavy atom. The van der Waals surface area contributed by atoms with Crippen molar-refractivity contribution in [3.05, 3.63) is 53.2 Å². The van der Waals surface area contributed by atoms with Crippen molar-refractivity contribution in [2.45, 2.75) is 20.8 Å². The van der Waals surface area contributed by atoms with Gasteiger partial charge in [0.1, 0.15) is 11.5 Å². The van der Waals surface area contributed by atoms with Gasteiger partial charge in [0.25, 0.3) is 0 Å². The minimum Gasteiger partial charge on any atom is -0.493 e. The summed E-state index contributed by atoms with van der Waals surface area (Å²) in [6, 6.07) is 9.32. The van der Waals surface area contributed by atoms with E-state index < -0.39 is 0 Å². The van der Waals surface area contributed by atoms with E-state index in [1.165, 1.54) is 0 Å². The summed E-state index contributed by atoms with van der Waals surface area (Å²) >= 11 is 0. The molecule has 0 unspecified atom stereocenters. The van der Waals surface area contributed by atoms with Crippen molar-refractivity contribution in [1.82, 2.24) is 4.98 Å². The highest BCUT2D eigenvalue weighted by molar-refractivity contribution is 6.01. The Morgan fingerprint density at radius 3 is 2.26 bits per heavy atom. The third-order valence-corrected chi connectivity index (χ3v) is 4.56. The lowest BCUT2D eigenvalue weighted by Gasteiger charge is -2.15. The summed E-state index contributed by atoms with van der Waals surface area (Å²) in [7, 11) is 3.17. The van der Waals surface area contributed by atoms with E-state index in [0.29, 0.717) is 28.7 Å². The van der Waals surface area contributed by atoms with Crippen molar-refractivity contribution in [2.75, 3.05) is 14.2 Å². The van der Waals surface area contributed by atoms with Gasteiger partial charge in [-0.25, -0.2) is 0 Å². The molecule has 1 aromatic heterocycles. The molecule has 0 saturated heterocycles. The van der Waals surface area contributed by atoms with Crippen LogP contribution in [0.25, 0.3) is 10.9 Å². The number of aromatic nitrogens is 1. The Labute approximate surface area is 158 Å². The molecule has 2 aromatic carbocycles. The van der Waals surface area contributed by atoms with Crippen LogP contribution in [0.15, 0.2) is 41.7 Å². The van der Waals surface area contributed by atoms with E-state index >= 15 is 0 Å². The molecule has 1 heterocycles. The number of pyridine rings is 1. The number of hydrogen-bond acceptors (Lipinski definition) is 6. The predicted molar refractivity (Wildman–Crippen MR) is 105 cm³/mol. The second-order valence-corrected chi connectivity index (χ2v) is 6.25. The van der Waals surface area contributed by atoms with Gasteiger partial charge in [0.15, 0.2) is 11.5 Å². The van der Waals surface area contributed by atoms with E-state index in [0.717, 1.165) is 27.6 Å². The fourth-order valence-corrected chi connectivity index (χ4v) is 2.87. The van der Waals surface area contributed by atoms with Crippen molar-refractivity contribution >= 4 is 16.6 Å². The van der Waals surface area contributed by atoms with Crippen molar-refractivity contribution in [3.63, 3.8) is 0 Å². The summed E-state index contributed by atoms with van der Waals surface area (Å²) in [6.07, 6.45) is 1.68. The molecular formula is C21H22N2O4. The molecule has 6 nitrogen and oxygen atoms in total. The number of ether oxygens (including phenoxy) is 3. The average molecular weight is 366 g/mol. The SMILES string of the molecule is COc1cc2nccc(Oc3cc(C)c(C)cc3C(C)=NO)c2cc1OC. The van der Waals surface area contributed by atoms with Crippen molar-refractivity contribution < 1.29 is 19.4 Å². The first-order valence-electron chi connectivity index (χ1n) is 8.47. The van der Waals surface area contributed by atoms with E-state index in [-0.39, 0.29) is 0 Å². The largest absolute Gasteiger partial charge is 0.493 e. The van der Waals surface area contributed by atoms with Gasteiger partial charge in [0.05, 0.1) is 25.4 Å². The lowest BCUT2D eigenvalue weighted by atomic mass is 10.0. The second-order valence-electron chi connectivity index (χ2n) is 6.25. The molecule has 0 aliphatic heterocycles. The van der Waals surface area contributed by atoms with Gasteiger partial charge in [-0.3, -0.25) is 4.98 Å². The van der Waals surface area contributed by atoms with Gasteiger partial charge in [-0.2, -0.15) is 0 Å². The van der Waals surface area contributed by atoms with E-state index in [1.54, 1.807) is 33.4 Å². The van der Waals surface area contributed by atoms with E-state index in [1.807, 2.05) is 38.1 Å². The van der Waals surface area contributed by atoms with Crippen LogP contribution in [0.5, 0.6) is 23.0 Å². The Balaban J connectivity index is 2.16. The molecule has 0 amide bonds. The van der Waals surface area contributed by atoms with Crippen LogP contribution in [-0.4, -0.2) is 30.1 Å². The molecule has 0 aliphatic rings. The first kappa shape index (κ1) is 18.5. The maximum Gasteiger partial charge on any atom is 0.162 e. The summed E-state index contributed by atoms with van der Waals surface area (Å²) in [5, 5.41) is 13.4. The fourth-order valence-electron chi connectivity index (χ4n) is 2.87. The molecule has 0 radical (unpaired) electrons. The van der Waals surface area contributed by atoms with Gasteiger partial charge in [0.2, 0.25) is 0 Å². The summed E-state index contributed by atoms with van der Waals surface area (Å²) in [5.74, 6) is 2.42. The van der Waals surface area contributed by atoms with Crippen LogP contribution in [-0.2, 0) is 0 Å². The first-order chi connectivity index (χ1) is 13.0. The zero-order valence-electron chi connectivity index (χ0n) is 16.0. The molecular weight excluding hydrogens is 344 g/mol. The van der Waals surface area contributed by atoms with Crippen LogP contribution < -0.4 is 14.2 Å². The molecule has 3 rings (SSSR count). The van der Waals surface area contributed by atoms with Crippen LogP contribution in [0, 0.1) is 13.8 Å². The lowest BCUT2D eigenvalue weighted by Crippen LogP contribution is -2.01. The number of benzene rings is 2. The zero-order chi connectivity index (χ0) is 19.6. The van der Waals surface area contributed by atoms with Crippen LogP contribution in [0.2, 0.25) is 0 Å². The van der Waals surface area contributed by atoms with Crippen LogP contribution in [0.3, 0.4) is 0 Å². The maximum absolute atomic E-state index is 9.23. The maximum atomic E-state index is 9.23. The molecule has 27 heavy (non-hydrogen) atoms. The molecule has 3 aromatic rings. The summed E-state index contributed by atoms with van der Waals surface area (Å²) in [6.45, 7) is 5.75. The monoisotopic (exact) mass is 366 g/mol. The number of oxime groups is 1. The van der Waals surface area contributed by atoms with Crippen LogP contribution >= 0.6 is 0 Å². The molecule has 0 aliphatic carbocycles. The topological polar surface area (TPSA) is 73.2 Å². The normalized spacial score (nSPS) is 11.5. The van der Waals surface area contributed by atoms with Gasteiger partial charge in [-0.05, 0) is 56.2 Å². The number of fused-ring (bicyclic) bond motifs is 1. The van der Waals surface area contributed by atoms with Gasteiger partial charge >= 0.3 is 0 Å². The Hall–Kier alpha value is -3.28. The fraction of sp³-hybridized carbons (Fsp3) is 0.238. The van der Waals surface area contributed by atoms with E-state index in [4.69, 9.17) is 14.2 Å². The van der Waals surface area contributed by atoms with Gasteiger partial charge in [-0.15, -0.1) is 0 Å². The minimum atomic E-state index is 0.478. The zero-order valence-corrected chi connectivity index (χ0v) is 16.0. The third-order valence-electron chi connectivity index (χ3n) is 4.56. The lowest BCUT2D eigenvalue weighted by molar-refractivity contribution is 0.319. The summed E-state index contributed by atoms with van der Waals surface area (Å²) < 4.78 is 17.0. The second kappa shape index (κ2) is 7.53. The predicted octanol–water partition coefficient (Wildman–Crippen LogP) is 4.86. The standard InChI is InChI=1S/C21H22N2O4/c1-12-8-15(14(3)23-24)19(9-13(12)2)27-18-6-7-22-17-11-21(26-5)20(25-4)10-16(17)18/h6-11,24H,1-5H3. The Kier molecular flexibility index (Phi) is 5.16. The summed E-state index contributed by atoms with van der Waals surface area (Å²) in [4.78, 5) is 4.39. The highest BCUT2D eigenvalue weighted by atomic mass is 16.5. The van der Waals surface area contributed by atoms with Gasteiger partial charge in [-0.1, -0.05) is 5.16 Å². The molecule has 0 spiro atoms. The number of nitrogens with zero attached hydrogens (tertiary/aromatic N) is 2. The number of aryl methyl sites for hydroxylation is 2. The van der Waals surface area contributed by atoms with Crippen LogP contribution in [0.1, 0.15) is 23.6 Å². The molecule has 1 N–H and O–H groups in total. The van der Waals surface area contributed by atoms with E-state index in [2.05, 4.69) is 10.1 Å². The molecule has 0 fully saturated rings. The number of rotatable bonds is 5. The number of hydrogen-bond donors (Lipinski definition) is 1. The molecule has 0 atom stereocenters. The van der Waals surface area contributed by atoms with Crippen molar-refractivity contribution in [1.29, 1.82) is 0 Å². The highest BCUT2D eigenvalue weighted by Gasteiger charge is 2.15. The Morgan fingerprint density at radius 2 is 1.59 bits per heavy atom. The highest BCUT2D eigenvalue weighted by Crippen LogP contribution is 2.38. The summed E-state index contributed by atoms with van der Waals surface area (Å²) in [5.41, 5.74) is 4.10. The van der Waals surface area contributed by atoms with Gasteiger partial charge < -0.3 is 19.4 Å². The molecule has 0 saturated carbocycles. The third kappa shape index (κ3) is 3.51. The van der Waals surface area contributed by atoms with Crippen molar-refractivity contribution in [2.24, 2.45) is 5.16 Å². The first-order valence-corrected chi connectivity index (χ1v) is 8.47. The average Bonchev–Trinajstić information content (AvgIpc) is 2.69. The van der Waals surface area contributed by atoms with E-state index in [9.17, 15) is 5.21 Å². The smallest absolute Gasteiger partial charge is 0.162 e. The molecule has 0 bridgehead atoms. The quantitative estimate of drug-likeness (QED) is 0.397. The molecule has 6 heteroatoms. The van der Waals surface area contributed by atoms with Crippen molar-refractivity contribution in [3.8, 4) is 23.0 Å². The number of methoxy groups -OCH3 is 2. The van der Waals surface area contributed by atoms with Crippen LogP contribution in [0.4, 0.5) is 0 Å². The molecule has 140 valence electrons. The Bertz CT molecular complexity index is 1030. The van der Waals surface area contributed by atoms with Gasteiger partial charge in [0, 0.05) is 23.2 Å².